The molecule has 7 nitrogen and oxygen atoms in total. The molecule has 0 aliphatic carbocycles. The van der Waals surface area contributed by atoms with Crippen molar-refractivity contribution in [1.82, 2.24) is 19.5 Å². The molecule has 4 aromatic rings. The van der Waals surface area contributed by atoms with Gasteiger partial charge in [-0.15, -0.1) is 0 Å². The van der Waals surface area contributed by atoms with Gasteiger partial charge in [-0.3, -0.25) is 0 Å². The molecule has 2 aromatic carbocycles. The minimum atomic E-state index is -0.774. The highest BCUT2D eigenvalue weighted by Gasteiger charge is 2.15. The van der Waals surface area contributed by atoms with Gasteiger partial charge in [0.05, 0.1) is 28.4 Å². The molecule has 29 heavy (non-hydrogen) atoms. The average molecular weight is 417 g/mol. The third-order valence-corrected chi connectivity index (χ3v) is 4.44. The maximum atomic E-state index is 14.5. The van der Waals surface area contributed by atoms with E-state index < -0.39 is 11.6 Å². The van der Waals surface area contributed by atoms with Crippen LogP contribution in [0.3, 0.4) is 0 Å². The highest BCUT2D eigenvalue weighted by atomic mass is 35.5. The van der Waals surface area contributed by atoms with E-state index in [-0.39, 0.29) is 23.9 Å². The minimum Gasteiger partial charge on any atom is -0.424 e. The first-order valence-corrected chi connectivity index (χ1v) is 8.87. The van der Waals surface area contributed by atoms with Crippen LogP contribution in [0, 0.1) is 11.6 Å². The number of nitrogen functional groups attached to an aromatic ring is 1. The van der Waals surface area contributed by atoms with Gasteiger partial charge < -0.3 is 20.4 Å². The summed E-state index contributed by atoms with van der Waals surface area (Å²) in [6.45, 7) is -0.109. The van der Waals surface area contributed by atoms with Crippen LogP contribution in [0.5, 0.6) is 11.8 Å². The van der Waals surface area contributed by atoms with Gasteiger partial charge in [0.1, 0.15) is 17.4 Å². The van der Waals surface area contributed by atoms with Crippen molar-refractivity contribution in [2.24, 2.45) is 7.05 Å². The summed E-state index contributed by atoms with van der Waals surface area (Å²) >= 11 is 5.70. The van der Waals surface area contributed by atoms with Crippen molar-refractivity contribution in [3.05, 3.63) is 64.9 Å². The normalized spacial score (nSPS) is 11.0. The first-order valence-electron chi connectivity index (χ1n) is 8.50. The van der Waals surface area contributed by atoms with Crippen LogP contribution in [0.1, 0.15) is 5.56 Å². The molecule has 0 radical (unpaired) electrons. The molecule has 148 valence electrons. The van der Waals surface area contributed by atoms with E-state index in [4.69, 9.17) is 22.1 Å². The summed E-state index contributed by atoms with van der Waals surface area (Å²) in [4.78, 5) is 12.1. The summed E-state index contributed by atoms with van der Waals surface area (Å²) in [5, 5.41) is 3.27. The SMILES string of the molecule is Cn1c(NCc2c(F)cc(Oc3ncc(Cl)cn3)cc2F)nc2ccc(N)cc21. The summed E-state index contributed by atoms with van der Waals surface area (Å²) in [6, 6.07) is 7.35. The lowest BCUT2D eigenvalue weighted by molar-refractivity contribution is 0.430. The summed E-state index contributed by atoms with van der Waals surface area (Å²) in [7, 11) is 1.78. The lowest BCUT2D eigenvalue weighted by Crippen LogP contribution is -2.08. The van der Waals surface area contributed by atoms with E-state index in [2.05, 4.69) is 20.3 Å². The van der Waals surface area contributed by atoms with Crippen molar-refractivity contribution in [2.75, 3.05) is 11.1 Å². The molecular formula is C19H15ClF2N6O. The van der Waals surface area contributed by atoms with E-state index in [0.717, 1.165) is 23.2 Å². The van der Waals surface area contributed by atoms with Gasteiger partial charge in [-0.1, -0.05) is 11.6 Å². The molecule has 0 fully saturated rings. The molecule has 4 rings (SSSR count). The fraction of sp³-hybridized carbons (Fsp3) is 0.105. The van der Waals surface area contributed by atoms with Gasteiger partial charge in [0, 0.05) is 37.0 Å². The molecule has 2 heterocycles. The highest BCUT2D eigenvalue weighted by molar-refractivity contribution is 6.30. The molecule has 0 unspecified atom stereocenters. The zero-order valence-corrected chi connectivity index (χ0v) is 15.9. The number of hydrogen-bond acceptors (Lipinski definition) is 6. The number of nitrogens with zero attached hydrogens (tertiary/aromatic N) is 4. The van der Waals surface area contributed by atoms with Crippen molar-refractivity contribution in [2.45, 2.75) is 6.54 Å². The van der Waals surface area contributed by atoms with Gasteiger partial charge >= 0.3 is 6.01 Å². The molecule has 3 N–H and O–H groups in total. The van der Waals surface area contributed by atoms with E-state index in [1.54, 1.807) is 29.8 Å². The standard InChI is InChI=1S/C19H15ClF2N6O/c1-28-17-4-11(23)2-3-16(17)27-18(28)24-9-13-14(21)5-12(6-15(13)22)29-19-25-7-10(20)8-26-19/h2-8H,9,23H2,1H3,(H,24,27). The molecular weight excluding hydrogens is 402 g/mol. The summed E-state index contributed by atoms with van der Waals surface area (Å²) < 4.78 is 36.0. The number of nitrogens with one attached hydrogen (secondary N) is 1. The van der Waals surface area contributed by atoms with Gasteiger partial charge in [-0.2, -0.15) is 0 Å². The lowest BCUT2D eigenvalue weighted by atomic mass is 10.2. The van der Waals surface area contributed by atoms with E-state index in [1.807, 2.05) is 0 Å². The van der Waals surface area contributed by atoms with Crippen LogP contribution < -0.4 is 15.8 Å². The van der Waals surface area contributed by atoms with Crippen molar-refractivity contribution in [1.29, 1.82) is 0 Å². The molecule has 0 bridgehead atoms. The largest absolute Gasteiger partial charge is 0.424 e. The molecule has 0 aliphatic rings. The van der Waals surface area contributed by atoms with Crippen molar-refractivity contribution >= 4 is 34.3 Å². The average Bonchev–Trinajstić information content (AvgIpc) is 2.98. The quantitative estimate of drug-likeness (QED) is 0.472. The zero-order chi connectivity index (χ0) is 20.5. The van der Waals surface area contributed by atoms with Crippen LogP contribution in [-0.2, 0) is 13.6 Å². The van der Waals surface area contributed by atoms with Gasteiger partial charge in [0.25, 0.3) is 0 Å². The predicted octanol–water partition coefficient (Wildman–Crippen LogP) is 4.28. The Kier molecular flexibility index (Phi) is 4.89. The van der Waals surface area contributed by atoms with Gasteiger partial charge in [0.15, 0.2) is 0 Å². The number of imidazole rings is 1. The predicted molar refractivity (Wildman–Crippen MR) is 106 cm³/mol. The molecule has 0 saturated carbocycles. The Morgan fingerprint density at radius 1 is 1.14 bits per heavy atom. The Morgan fingerprint density at radius 3 is 2.52 bits per heavy atom. The molecule has 0 spiro atoms. The van der Waals surface area contributed by atoms with E-state index >= 15 is 0 Å². The monoisotopic (exact) mass is 416 g/mol. The fourth-order valence-corrected chi connectivity index (χ4v) is 2.90. The third-order valence-electron chi connectivity index (χ3n) is 4.25. The van der Waals surface area contributed by atoms with Gasteiger partial charge in [-0.25, -0.2) is 23.7 Å². The van der Waals surface area contributed by atoms with Crippen LogP contribution >= 0.6 is 11.6 Å². The molecule has 0 amide bonds. The van der Waals surface area contributed by atoms with E-state index in [0.29, 0.717) is 16.7 Å². The maximum Gasteiger partial charge on any atom is 0.321 e. The number of benzene rings is 2. The summed E-state index contributed by atoms with van der Waals surface area (Å²) in [5.74, 6) is -1.16. The Balaban J connectivity index is 1.53. The number of rotatable bonds is 5. The number of fused-ring (bicyclic) bond motifs is 1. The number of nitrogens with two attached hydrogens (primary N) is 1. The number of hydrogen-bond donors (Lipinski definition) is 2. The van der Waals surface area contributed by atoms with Gasteiger partial charge in [-0.05, 0) is 18.2 Å². The Bertz CT molecular complexity index is 1170. The number of anilines is 2. The lowest BCUT2D eigenvalue weighted by Gasteiger charge is -2.10. The zero-order valence-electron chi connectivity index (χ0n) is 15.2. The molecule has 0 saturated heterocycles. The second-order valence-electron chi connectivity index (χ2n) is 6.25. The fourth-order valence-electron chi connectivity index (χ4n) is 2.80. The summed E-state index contributed by atoms with van der Waals surface area (Å²) in [5.41, 5.74) is 7.77. The molecule has 0 atom stereocenters. The second kappa shape index (κ2) is 7.51. The highest BCUT2D eigenvalue weighted by Crippen LogP contribution is 2.26. The number of halogens is 3. The second-order valence-corrected chi connectivity index (χ2v) is 6.68. The number of ether oxygens (including phenoxy) is 1. The van der Waals surface area contributed by atoms with Crippen LogP contribution in [0.4, 0.5) is 20.4 Å². The molecule has 10 heteroatoms. The number of aromatic nitrogens is 4. The minimum absolute atomic E-state index is 0.0655. The Labute approximate surface area is 169 Å². The first kappa shape index (κ1) is 18.9. The van der Waals surface area contributed by atoms with Crippen LogP contribution in [0.2, 0.25) is 5.02 Å². The van der Waals surface area contributed by atoms with Crippen molar-refractivity contribution in [3.63, 3.8) is 0 Å². The topological polar surface area (TPSA) is 90.9 Å². The molecule has 2 aromatic heterocycles. The van der Waals surface area contributed by atoms with Crippen LogP contribution in [-0.4, -0.2) is 19.5 Å². The third kappa shape index (κ3) is 3.90. The first-order chi connectivity index (χ1) is 13.9. The Hall–Kier alpha value is -3.46. The van der Waals surface area contributed by atoms with Gasteiger partial charge in [0.2, 0.25) is 5.95 Å². The Morgan fingerprint density at radius 2 is 1.83 bits per heavy atom. The smallest absolute Gasteiger partial charge is 0.321 e. The van der Waals surface area contributed by atoms with Crippen LogP contribution in [0.15, 0.2) is 42.7 Å². The van der Waals surface area contributed by atoms with Crippen molar-refractivity contribution < 1.29 is 13.5 Å². The number of aryl methyl sites for hydroxylation is 1. The van der Waals surface area contributed by atoms with E-state index in [1.165, 1.54) is 12.4 Å². The maximum absolute atomic E-state index is 14.5. The molecule has 0 aliphatic heterocycles. The van der Waals surface area contributed by atoms with Crippen LogP contribution in [0.25, 0.3) is 11.0 Å². The summed E-state index contributed by atoms with van der Waals surface area (Å²) in [6.07, 6.45) is 2.64. The van der Waals surface area contributed by atoms with E-state index in [9.17, 15) is 8.78 Å². The van der Waals surface area contributed by atoms with Crippen molar-refractivity contribution in [3.8, 4) is 11.8 Å².